The number of hydrogen-bond donors (Lipinski definition) is 0. The number of thiophene rings is 1. The highest BCUT2D eigenvalue weighted by atomic mass is 35.5. The average Bonchev–Trinajstić information content (AvgIpc) is 3.32. The molecule has 2 aromatic heterocycles. The van der Waals surface area contributed by atoms with Gasteiger partial charge in [0.25, 0.3) is 0 Å². The van der Waals surface area contributed by atoms with E-state index in [0.29, 0.717) is 11.1 Å². The van der Waals surface area contributed by atoms with E-state index in [2.05, 4.69) is 24.0 Å². The van der Waals surface area contributed by atoms with Gasteiger partial charge in [-0.2, -0.15) is 0 Å². The Morgan fingerprint density at radius 3 is 2.55 bits per heavy atom. The lowest BCUT2D eigenvalue weighted by molar-refractivity contribution is 0.415. The van der Waals surface area contributed by atoms with Crippen LogP contribution >= 0.6 is 22.9 Å². The molecular formula is C17H15ClN2OS. The molecular weight excluding hydrogens is 316 g/mol. The van der Waals surface area contributed by atoms with Gasteiger partial charge in [0.05, 0.1) is 12.5 Å². The summed E-state index contributed by atoms with van der Waals surface area (Å²) in [4.78, 5) is 11.4. The average molecular weight is 331 g/mol. The van der Waals surface area contributed by atoms with Gasteiger partial charge in [-0.15, -0.1) is 11.3 Å². The van der Waals surface area contributed by atoms with Crippen LogP contribution in [0.3, 0.4) is 0 Å². The third-order valence-electron chi connectivity index (χ3n) is 4.06. The minimum Gasteiger partial charge on any atom is -0.497 e. The van der Waals surface area contributed by atoms with Gasteiger partial charge < -0.3 is 4.74 Å². The maximum atomic E-state index is 6.42. The zero-order chi connectivity index (χ0) is 15.3. The van der Waals surface area contributed by atoms with Crippen molar-refractivity contribution in [3.63, 3.8) is 0 Å². The number of halogens is 1. The Balaban J connectivity index is 1.86. The molecule has 0 aliphatic heterocycles. The number of rotatable bonds is 3. The third kappa shape index (κ3) is 2.27. The number of methoxy groups -OCH3 is 1. The Morgan fingerprint density at radius 2 is 1.91 bits per heavy atom. The molecule has 1 aliphatic carbocycles. The molecule has 0 radical (unpaired) electrons. The van der Waals surface area contributed by atoms with E-state index in [1.165, 1.54) is 17.7 Å². The normalized spacial score (nSPS) is 14.5. The zero-order valence-electron chi connectivity index (χ0n) is 12.4. The molecule has 0 atom stereocenters. The van der Waals surface area contributed by atoms with E-state index in [1.807, 2.05) is 12.1 Å². The summed E-state index contributed by atoms with van der Waals surface area (Å²) in [6, 6.07) is 8.09. The van der Waals surface area contributed by atoms with Gasteiger partial charge in [-0.3, -0.25) is 0 Å². The van der Waals surface area contributed by atoms with Gasteiger partial charge in [0.2, 0.25) is 0 Å². The van der Waals surface area contributed by atoms with E-state index in [4.69, 9.17) is 21.3 Å². The molecule has 1 aliphatic rings. The first-order valence-electron chi connectivity index (χ1n) is 7.28. The predicted octanol–water partition coefficient (Wildman–Crippen LogP) is 5.21. The van der Waals surface area contributed by atoms with E-state index >= 15 is 0 Å². The van der Waals surface area contributed by atoms with Gasteiger partial charge in [0, 0.05) is 10.8 Å². The quantitative estimate of drug-likeness (QED) is 0.618. The van der Waals surface area contributed by atoms with E-state index in [9.17, 15) is 0 Å². The van der Waals surface area contributed by atoms with Crippen molar-refractivity contribution in [2.75, 3.05) is 7.11 Å². The van der Waals surface area contributed by atoms with Crippen LogP contribution in [0.5, 0.6) is 5.75 Å². The second-order valence-electron chi connectivity index (χ2n) is 5.61. The molecule has 4 rings (SSSR count). The van der Waals surface area contributed by atoms with Crippen LogP contribution < -0.4 is 4.74 Å². The predicted molar refractivity (Wildman–Crippen MR) is 91.1 cm³/mol. The van der Waals surface area contributed by atoms with E-state index in [-0.39, 0.29) is 0 Å². The molecule has 1 fully saturated rings. The number of benzene rings is 1. The Bertz CT molecular complexity index is 853. The fourth-order valence-corrected chi connectivity index (χ4v) is 4.21. The van der Waals surface area contributed by atoms with Gasteiger partial charge in [-0.25, -0.2) is 9.97 Å². The van der Waals surface area contributed by atoms with Crippen LogP contribution in [0, 0.1) is 6.92 Å². The molecule has 1 aromatic carbocycles. The van der Waals surface area contributed by atoms with E-state index in [1.54, 1.807) is 18.4 Å². The summed E-state index contributed by atoms with van der Waals surface area (Å²) in [5.41, 5.74) is 2.31. The fourth-order valence-electron chi connectivity index (χ4n) is 2.65. The SMILES string of the molecule is COc1ccc(-c2sc3nc(C4CC4)nc(Cl)c3c2C)cc1. The standard InChI is InChI=1S/C17H15ClN2OS/c1-9-13-15(18)19-16(11-3-4-11)20-17(13)22-14(9)10-5-7-12(21-2)8-6-10/h5-8,11H,3-4H2,1-2H3. The zero-order valence-corrected chi connectivity index (χ0v) is 14.0. The molecule has 0 unspecified atom stereocenters. The van der Waals surface area contributed by atoms with Crippen LogP contribution in [-0.2, 0) is 0 Å². The van der Waals surface area contributed by atoms with Gasteiger partial charge in [-0.05, 0) is 55.2 Å². The second-order valence-corrected chi connectivity index (χ2v) is 6.97. The highest BCUT2D eigenvalue weighted by molar-refractivity contribution is 7.22. The minimum atomic E-state index is 0.508. The molecule has 2 heterocycles. The highest BCUT2D eigenvalue weighted by Crippen LogP contribution is 2.43. The van der Waals surface area contributed by atoms with Crippen molar-refractivity contribution in [1.82, 2.24) is 9.97 Å². The number of nitrogens with zero attached hydrogens (tertiary/aromatic N) is 2. The van der Waals surface area contributed by atoms with Crippen LogP contribution in [-0.4, -0.2) is 17.1 Å². The summed E-state index contributed by atoms with van der Waals surface area (Å²) in [5.74, 6) is 2.27. The first-order valence-corrected chi connectivity index (χ1v) is 8.48. The van der Waals surface area contributed by atoms with Crippen molar-refractivity contribution in [3.8, 4) is 16.2 Å². The molecule has 0 saturated heterocycles. The van der Waals surface area contributed by atoms with Crippen molar-refractivity contribution < 1.29 is 4.74 Å². The summed E-state index contributed by atoms with van der Waals surface area (Å²) in [6.07, 6.45) is 2.36. The summed E-state index contributed by atoms with van der Waals surface area (Å²) in [6.45, 7) is 2.09. The number of aryl methyl sites for hydroxylation is 1. The summed E-state index contributed by atoms with van der Waals surface area (Å²) < 4.78 is 5.22. The maximum Gasteiger partial charge on any atom is 0.141 e. The highest BCUT2D eigenvalue weighted by Gasteiger charge is 2.28. The van der Waals surface area contributed by atoms with Gasteiger partial charge >= 0.3 is 0 Å². The van der Waals surface area contributed by atoms with Crippen LogP contribution in [0.4, 0.5) is 0 Å². The molecule has 22 heavy (non-hydrogen) atoms. The molecule has 112 valence electrons. The van der Waals surface area contributed by atoms with Crippen LogP contribution in [0.1, 0.15) is 30.1 Å². The number of fused-ring (bicyclic) bond motifs is 1. The smallest absolute Gasteiger partial charge is 0.141 e. The van der Waals surface area contributed by atoms with Crippen molar-refractivity contribution in [1.29, 1.82) is 0 Å². The van der Waals surface area contributed by atoms with E-state index < -0.39 is 0 Å². The first kappa shape index (κ1) is 14.0. The Kier molecular flexibility index (Phi) is 3.31. The van der Waals surface area contributed by atoms with Crippen molar-refractivity contribution in [2.45, 2.75) is 25.7 Å². The molecule has 5 heteroatoms. The molecule has 3 aromatic rings. The molecule has 1 saturated carbocycles. The topological polar surface area (TPSA) is 35.0 Å². The lowest BCUT2D eigenvalue weighted by Crippen LogP contribution is -1.92. The largest absolute Gasteiger partial charge is 0.497 e. The molecule has 3 nitrogen and oxygen atoms in total. The van der Waals surface area contributed by atoms with Crippen molar-refractivity contribution in [3.05, 3.63) is 40.8 Å². The van der Waals surface area contributed by atoms with Crippen molar-refractivity contribution in [2.24, 2.45) is 0 Å². The summed E-state index contributed by atoms with van der Waals surface area (Å²) in [5, 5.41) is 1.57. The second kappa shape index (κ2) is 5.21. The summed E-state index contributed by atoms with van der Waals surface area (Å²) >= 11 is 8.11. The van der Waals surface area contributed by atoms with E-state index in [0.717, 1.165) is 32.9 Å². The lowest BCUT2D eigenvalue weighted by atomic mass is 10.1. The van der Waals surface area contributed by atoms with Crippen molar-refractivity contribution >= 4 is 33.2 Å². The third-order valence-corrected chi connectivity index (χ3v) is 5.57. The Labute approximate surface area is 137 Å². The van der Waals surface area contributed by atoms with Crippen LogP contribution in [0.2, 0.25) is 5.15 Å². The van der Waals surface area contributed by atoms with Gasteiger partial charge in [0.1, 0.15) is 21.6 Å². The minimum absolute atomic E-state index is 0.508. The van der Waals surface area contributed by atoms with Crippen LogP contribution in [0.25, 0.3) is 20.7 Å². The monoisotopic (exact) mass is 330 g/mol. The summed E-state index contributed by atoms with van der Waals surface area (Å²) in [7, 11) is 1.68. The lowest BCUT2D eigenvalue weighted by Gasteiger charge is -2.03. The first-order chi connectivity index (χ1) is 10.7. The van der Waals surface area contributed by atoms with Gasteiger partial charge in [0.15, 0.2) is 0 Å². The Hall–Kier alpha value is -1.65. The van der Waals surface area contributed by atoms with Gasteiger partial charge in [-0.1, -0.05) is 11.6 Å². The molecule has 0 N–H and O–H groups in total. The van der Waals surface area contributed by atoms with Crippen LogP contribution in [0.15, 0.2) is 24.3 Å². The number of aromatic nitrogens is 2. The number of ether oxygens (including phenoxy) is 1. The Morgan fingerprint density at radius 1 is 1.18 bits per heavy atom. The molecule has 0 bridgehead atoms. The molecule has 0 spiro atoms. The molecule has 0 amide bonds. The fraction of sp³-hybridized carbons (Fsp3) is 0.294. The maximum absolute atomic E-state index is 6.42. The number of hydrogen-bond acceptors (Lipinski definition) is 4.